The summed E-state index contributed by atoms with van der Waals surface area (Å²) < 4.78 is 7.11. The summed E-state index contributed by atoms with van der Waals surface area (Å²) in [5, 5.41) is 0. The number of nitrogens with zero attached hydrogens (tertiary/aromatic N) is 3. The van der Waals surface area contributed by atoms with Gasteiger partial charge in [0, 0.05) is 39.3 Å². The molecule has 0 aromatic heterocycles. The van der Waals surface area contributed by atoms with Crippen LogP contribution in [0.5, 0.6) is 0 Å². The number of rotatable bonds is 15. The highest BCUT2D eigenvalue weighted by Crippen LogP contribution is 2.47. The van der Waals surface area contributed by atoms with Gasteiger partial charge in [-0.3, -0.25) is 0 Å². The molecular formula is C18H30N3P. The zero-order valence-corrected chi connectivity index (χ0v) is 14.6. The van der Waals surface area contributed by atoms with Gasteiger partial charge in [0.1, 0.15) is 8.37 Å². The van der Waals surface area contributed by atoms with Crippen LogP contribution in [0.2, 0.25) is 0 Å². The Hall–Kier alpha value is -1.25. The molecule has 0 atom stereocenters. The molecule has 0 heterocycles. The Bertz CT molecular complexity index is 291. The van der Waals surface area contributed by atoms with Crippen LogP contribution < -0.4 is 0 Å². The molecule has 0 spiro atoms. The maximum absolute atomic E-state index is 3.88. The van der Waals surface area contributed by atoms with Crippen LogP contribution in [0.15, 0.2) is 75.9 Å². The normalized spacial score (nSPS) is 10.9. The predicted octanol–water partition coefficient (Wildman–Crippen LogP) is 4.24. The first-order valence-electron chi connectivity index (χ1n) is 7.40. The van der Waals surface area contributed by atoms with Gasteiger partial charge in [-0.2, -0.15) is 0 Å². The highest BCUT2D eigenvalue weighted by atomic mass is 31.2. The molecule has 0 aliphatic carbocycles. The van der Waals surface area contributed by atoms with Gasteiger partial charge in [-0.05, 0) is 0 Å². The van der Waals surface area contributed by atoms with Crippen molar-refractivity contribution in [3.05, 3.63) is 75.9 Å². The van der Waals surface area contributed by atoms with E-state index in [1.807, 2.05) is 36.5 Å². The molecule has 3 nitrogen and oxygen atoms in total. The van der Waals surface area contributed by atoms with Crippen LogP contribution in [-0.4, -0.2) is 53.3 Å². The van der Waals surface area contributed by atoms with Crippen molar-refractivity contribution < 1.29 is 0 Å². The van der Waals surface area contributed by atoms with E-state index in [1.54, 1.807) is 0 Å². The van der Waals surface area contributed by atoms with Crippen LogP contribution in [-0.2, 0) is 0 Å². The molecule has 0 N–H and O–H groups in total. The lowest BCUT2D eigenvalue weighted by Gasteiger charge is -2.43. The molecule has 0 fully saturated rings. The third kappa shape index (κ3) is 7.15. The van der Waals surface area contributed by atoms with Gasteiger partial charge in [0.25, 0.3) is 0 Å². The minimum Gasteiger partial charge on any atom is -0.250 e. The van der Waals surface area contributed by atoms with Gasteiger partial charge in [0.2, 0.25) is 0 Å². The van der Waals surface area contributed by atoms with E-state index in [2.05, 4.69) is 53.5 Å². The molecule has 0 saturated carbocycles. The molecule has 0 amide bonds. The average molecular weight is 319 g/mol. The van der Waals surface area contributed by atoms with E-state index < -0.39 is 8.37 Å². The summed E-state index contributed by atoms with van der Waals surface area (Å²) in [6.07, 6.45) is 11.6. The highest BCUT2D eigenvalue weighted by molar-refractivity contribution is 7.50. The molecule has 4 heteroatoms. The van der Waals surface area contributed by atoms with Crippen molar-refractivity contribution in [3.8, 4) is 0 Å². The lowest BCUT2D eigenvalue weighted by Crippen LogP contribution is -2.38. The maximum Gasteiger partial charge on any atom is 0.122 e. The first kappa shape index (κ1) is 20.8. The average Bonchev–Trinajstić information content (AvgIpc) is 2.49. The van der Waals surface area contributed by atoms with E-state index in [-0.39, 0.29) is 0 Å². The van der Waals surface area contributed by atoms with Crippen LogP contribution in [0, 0.1) is 0 Å². The molecule has 0 unspecified atom stereocenters. The molecule has 122 valence electrons. The Morgan fingerprint density at radius 2 is 0.636 bits per heavy atom. The fraction of sp³-hybridized carbons (Fsp3) is 0.333. The molecule has 0 rings (SSSR count). The topological polar surface area (TPSA) is 9.72 Å². The quantitative estimate of drug-likeness (QED) is 0.330. The summed E-state index contributed by atoms with van der Waals surface area (Å²) in [5.41, 5.74) is 0. The first-order valence-corrected chi connectivity index (χ1v) is 8.60. The van der Waals surface area contributed by atoms with Crippen molar-refractivity contribution in [2.45, 2.75) is 0 Å². The van der Waals surface area contributed by atoms with Gasteiger partial charge < -0.3 is 0 Å². The number of hydrogen-bond donors (Lipinski definition) is 0. The summed E-state index contributed by atoms with van der Waals surface area (Å²) in [6.45, 7) is 28.1. The molecule has 0 aromatic carbocycles. The lowest BCUT2D eigenvalue weighted by atomic mass is 10.5. The second kappa shape index (κ2) is 13.4. The number of hydrogen-bond acceptors (Lipinski definition) is 3. The van der Waals surface area contributed by atoms with Crippen molar-refractivity contribution in [1.29, 1.82) is 0 Å². The summed E-state index contributed by atoms with van der Waals surface area (Å²) in [5.74, 6) is 0. The maximum atomic E-state index is 3.88. The van der Waals surface area contributed by atoms with Crippen molar-refractivity contribution >= 4 is 8.37 Å². The summed E-state index contributed by atoms with van der Waals surface area (Å²) >= 11 is 0. The smallest absolute Gasteiger partial charge is 0.122 e. The highest BCUT2D eigenvalue weighted by Gasteiger charge is 2.28. The van der Waals surface area contributed by atoms with E-state index in [4.69, 9.17) is 0 Å². The molecule has 0 saturated heterocycles. The van der Waals surface area contributed by atoms with E-state index in [0.29, 0.717) is 0 Å². The van der Waals surface area contributed by atoms with Crippen molar-refractivity contribution in [3.63, 3.8) is 0 Å². The van der Waals surface area contributed by atoms with E-state index in [0.717, 1.165) is 39.3 Å². The van der Waals surface area contributed by atoms with Crippen molar-refractivity contribution in [1.82, 2.24) is 14.0 Å². The van der Waals surface area contributed by atoms with Gasteiger partial charge in [0.15, 0.2) is 0 Å². The molecule has 22 heavy (non-hydrogen) atoms. The van der Waals surface area contributed by atoms with E-state index in [1.165, 1.54) is 0 Å². The second-order valence-corrected chi connectivity index (χ2v) is 6.85. The molecule has 0 aliphatic rings. The standard InChI is InChI=1S/C18H30N3P/c1-7-13-19(14-8-2)22(20(15-9-3)16-10-4)21(17-11-5)18-12-6/h7-12H,1-6,13-18H2. The molecule has 0 aromatic rings. The van der Waals surface area contributed by atoms with Crippen molar-refractivity contribution in [2.24, 2.45) is 0 Å². The largest absolute Gasteiger partial charge is 0.250 e. The van der Waals surface area contributed by atoms with Crippen LogP contribution >= 0.6 is 8.37 Å². The minimum atomic E-state index is -0.714. The summed E-state index contributed by atoms with van der Waals surface area (Å²) in [6, 6.07) is 0. The monoisotopic (exact) mass is 319 g/mol. The molecule has 0 bridgehead atoms. The lowest BCUT2D eigenvalue weighted by molar-refractivity contribution is 0.392. The van der Waals surface area contributed by atoms with E-state index in [9.17, 15) is 0 Å². The van der Waals surface area contributed by atoms with Gasteiger partial charge >= 0.3 is 0 Å². The second-order valence-electron chi connectivity index (χ2n) is 4.62. The third-order valence-corrected chi connectivity index (χ3v) is 5.30. The SMILES string of the molecule is C=CCN(CC=C)P(N(CC=C)CC=C)N(CC=C)CC=C. The Balaban J connectivity index is 5.61. The van der Waals surface area contributed by atoms with E-state index >= 15 is 0 Å². The van der Waals surface area contributed by atoms with Crippen LogP contribution in [0.25, 0.3) is 0 Å². The molecular weight excluding hydrogens is 289 g/mol. The fourth-order valence-corrected chi connectivity index (χ4v) is 4.74. The summed E-state index contributed by atoms with van der Waals surface area (Å²) in [4.78, 5) is 0. The molecule has 0 radical (unpaired) electrons. The third-order valence-electron chi connectivity index (χ3n) is 2.80. The van der Waals surface area contributed by atoms with Crippen LogP contribution in [0.3, 0.4) is 0 Å². The minimum absolute atomic E-state index is 0.714. The van der Waals surface area contributed by atoms with Crippen LogP contribution in [0.1, 0.15) is 0 Å². The van der Waals surface area contributed by atoms with Gasteiger partial charge in [-0.1, -0.05) is 36.5 Å². The Labute approximate surface area is 138 Å². The Morgan fingerprint density at radius 1 is 0.455 bits per heavy atom. The van der Waals surface area contributed by atoms with Gasteiger partial charge in [0.05, 0.1) is 0 Å². The van der Waals surface area contributed by atoms with Crippen molar-refractivity contribution in [2.75, 3.05) is 39.3 Å². The first-order chi connectivity index (χ1) is 10.7. The predicted molar refractivity (Wildman–Crippen MR) is 103 cm³/mol. The van der Waals surface area contributed by atoms with Crippen LogP contribution in [0.4, 0.5) is 0 Å². The fourth-order valence-electron chi connectivity index (χ4n) is 2.09. The molecule has 0 aliphatic heterocycles. The Kier molecular flexibility index (Phi) is 12.7. The zero-order valence-electron chi connectivity index (χ0n) is 13.7. The summed E-state index contributed by atoms with van der Waals surface area (Å²) in [7, 11) is -0.714. The zero-order chi connectivity index (χ0) is 16.8. The Morgan fingerprint density at radius 3 is 0.773 bits per heavy atom. The van der Waals surface area contributed by atoms with Gasteiger partial charge in [-0.15, -0.1) is 39.5 Å². The van der Waals surface area contributed by atoms with Gasteiger partial charge in [-0.25, -0.2) is 14.0 Å².